The highest BCUT2D eigenvalue weighted by Crippen LogP contribution is 2.45. The van der Waals surface area contributed by atoms with Crippen molar-refractivity contribution in [3.8, 4) is 0 Å². The maximum absolute atomic E-state index is 5.69. The molecule has 4 nitrogen and oxygen atoms in total. The summed E-state index contributed by atoms with van der Waals surface area (Å²) in [5.41, 5.74) is 7.07. The van der Waals surface area contributed by atoms with Gasteiger partial charge in [-0.05, 0) is 18.1 Å². The van der Waals surface area contributed by atoms with Gasteiger partial charge in [0.15, 0.2) is 5.82 Å². The average molecular weight is 232 g/mol. The van der Waals surface area contributed by atoms with Gasteiger partial charge in [0.05, 0.1) is 5.25 Å². The predicted octanol–water partition coefficient (Wildman–Crippen LogP) is 1.79. The van der Waals surface area contributed by atoms with Gasteiger partial charge < -0.3 is 5.73 Å². The number of hydrogen-bond donors (Lipinski definition) is 1. The molecule has 0 amide bonds. The molecule has 2 aromatic rings. The molecule has 0 saturated carbocycles. The lowest BCUT2D eigenvalue weighted by Gasteiger charge is -2.00. The van der Waals surface area contributed by atoms with E-state index >= 15 is 0 Å². The van der Waals surface area contributed by atoms with Crippen LogP contribution in [0.2, 0.25) is 0 Å². The molecule has 0 bridgehead atoms. The fourth-order valence-electron chi connectivity index (χ4n) is 1.88. The zero-order chi connectivity index (χ0) is 11.1. The summed E-state index contributed by atoms with van der Waals surface area (Å²) in [6.45, 7) is 0. The smallest absolute Gasteiger partial charge is 0.218 e. The summed E-state index contributed by atoms with van der Waals surface area (Å²) in [5.74, 6) is 1.31. The molecule has 3 rings (SSSR count). The van der Waals surface area contributed by atoms with Crippen LogP contribution < -0.4 is 5.73 Å². The summed E-state index contributed by atoms with van der Waals surface area (Å²) in [6, 6.07) is 8.44. The van der Waals surface area contributed by atoms with Crippen LogP contribution in [-0.4, -0.2) is 14.8 Å². The van der Waals surface area contributed by atoms with E-state index in [2.05, 4.69) is 34.3 Å². The second kappa shape index (κ2) is 3.52. The van der Waals surface area contributed by atoms with Crippen molar-refractivity contribution < 1.29 is 0 Å². The average Bonchev–Trinajstić information content (AvgIpc) is 2.83. The molecular formula is C11H12N4S. The third-order valence-electron chi connectivity index (χ3n) is 2.75. The van der Waals surface area contributed by atoms with E-state index in [1.54, 1.807) is 4.68 Å². The van der Waals surface area contributed by atoms with Crippen molar-refractivity contribution in [2.45, 2.75) is 16.6 Å². The van der Waals surface area contributed by atoms with E-state index in [9.17, 15) is 0 Å². The molecule has 0 fully saturated rings. The van der Waals surface area contributed by atoms with E-state index in [-0.39, 0.29) is 0 Å². The fourth-order valence-corrected chi connectivity index (χ4v) is 3.11. The lowest BCUT2D eigenvalue weighted by Crippen LogP contribution is -1.98. The number of anilines is 1. The second-order valence-corrected chi connectivity index (χ2v) is 5.11. The van der Waals surface area contributed by atoms with Crippen molar-refractivity contribution in [2.75, 3.05) is 5.73 Å². The normalized spacial score (nSPS) is 18.7. The van der Waals surface area contributed by atoms with Crippen molar-refractivity contribution in [2.24, 2.45) is 7.05 Å². The van der Waals surface area contributed by atoms with Gasteiger partial charge in [-0.2, -0.15) is 10.1 Å². The first kappa shape index (κ1) is 9.72. The molecule has 1 aromatic heterocycles. The maximum Gasteiger partial charge on any atom is 0.218 e. The molecule has 1 aliphatic heterocycles. The zero-order valence-electron chi connectivity index (χ0n) is 8.92. The summed E-state index contributed by atoms with van der Waals surface area (Å²) in [5, 5.41) is 4.64. The summed E-state index contributed by atoms with van der Waals surface area (Å²) < 4.78 is 1.62. The molecule has 0 spiro atoms. The van der Waals surface area contributed by atoms with Crippen LogP contribution >= 0.6 is 11.8 Å². The van der Waals surface area contributed by atoms with Gasteiger partial charge >= 0.3 is 0 Å². The van der Waals surface area contributed by atoms with Gasteiger partial charge in [-0.3, -0.25) is 0 Å². The summed E-state index contributed by atoms with van der Waals surface area (Å²) in [7, 11) is 1.82. The van der Waals surface area contributed by atoms with Crippen LogP contribution in [0.15, 0.2) is 29.2 Å². The molecule has 0 saturated heterocycles. The van der Waals surface area contributed by atoms with Crippen molar-refractivity contribution in [1.29, 1.82) is 0 Å². The summed E-state index contributed by atoms with van der Waals surface area (Å²) in [6.07, 6.45) is 0.990. The van der Waals surface area contributed by atoms with Crippen molar-refractivity contribution in [3.63, 3.8) is 0 Å². The van der Waals surface area contributed by atoms with Crippen LogP contribution in [0.25, 0.3) is 0 Å². The lowest BCUT2D eigenvalue weighted by atomic mass is 10.1. The Morgan fingerprint density at radius 1 is 1.44 bits per heavy atom. The predicted molar refractivity (Wildman–Crippen MR) is 64.2 cm³/mol. The van der Waals surface area contributed by atoms with Gasteiger partial charge in [0.1, 0.15) is 0 Å². The largest absolute Gasteiger partial charge is 0.368 e. The third-order valence-corrected chi connectivity index (χ3v) is 4.06. The molecule has 82 valence electrons. The standard InChI is InChI=1S/C11H12N4S/c1-15-11(12)13-10(14-15)9-6-7-4-2-3-5-8(7)16-9/h2-5,9H,6H2,1H3,(H2,12,13,14). The number of fused-ring (bicyclic) bond motifs is 1. The number of thioether (sulfide) groups is 1. The van der Waals surface area contributed by atoms with Crippen LogP contribution in [0.3, 0.4) is 0 Å². The molecule has 2 N–H and O–H groups in total. The van der Waals surface area contributed by atoms with Gasteiger partial charge in [0.25, 0.3) is 0 Å². The Hall–Kier alpha value is -1.49. The summed E-state index contributed by atoms with van der Waals surface area (Å²) >= 11 is 1.82. The van der Waals surface area contributed by atoms with E-state index < -0.39 is 0 Å². The Kier molecular flexibility index (Phi) is 2.14. The minimum Gasteiger partial charge on any atom is -0.368 e. The zero-order valence-corrected chi connectivity index (χ0v) is 9.74. The number of benzene rings is 1. The SMILES string of the molecule is Cn1nc(C2Cc3ccccc3S2)nc1N. The Morgan fingerprint density at radius 2 is 2.25 bits per heavy atom. The van der Waals surface area contributed by atoms with Gasteiger partial charge in [-0.15, -0.1) is 11.8 Å². The Bertz CT molecular complexity index is 490. The maximum atomic E-state index is 5.69. The van der Waals surface area contributed by atoms with Crippen LogP contribution in [0, 0.1) is 0 Å². The van der Waals surface area contributed by atoms with Crippen molar-refractivity contribution in [3.05, 3.63) is 35.7 Å². The number of aryl methyl sites for hydroxylation is 1. The van der Waals surface area contributed by atoms with Crippen molar-refractivity contribution >= 4 is 17.7 Å². The fraction of sp³-hybridized carbons (Fsp3) is 0.273. The molecule has 0 aliphatic carbocycles. The number of hydrogen-bond acceptors (Lipinski definition) is 4. The number of rotatable bonds is 1. The van der Waals surface area contributed by atoms with E-state index in [0.717, 1.165) is 12.2 Å². The number of nitrogens with two attached hydrogens (primary N) is 1. The second-order valence-electron chi connectivity index (χ2n) is 3.87. The number of nitrogen functional groups attached to an aromatic ring is 1. The Morgan fingerprint density at radius 3 is 2.94 bits per heavy atom. The quantitative estimate of drug-likeness (QED) is 0.814. The molecule has 1 aromatic carbocycles. The van der Waals surface area contributed by atoms with Gasteiger partial charge in [0.2, 0.25) is 5.95 Å². The van der Waals surface area contributed by atoms with Crippen LogP contribution in [0.5, 0.6) is 0 Å². The minimum absolute atomic E-state index is 0.306. The summed E-state index contributed by atoms with van der Waals surface area (Å²) in [4.78, 5) is 5.62. The van der Waals surface area contributed by atoms with Crippen LogP contribution in [-0.2, 0) is 13.5 Å². The Balaban J connectivity index is 1.91. The van der Waals surface area contributed by atoms with E-state index in [4.69, 9.17) is 5.73 Å². The molecule has 2 heterocycles. The van der Waals surface area contributed by atoms with Gasteiger partial charge in [0, 0.05) is 11.9 Å². The molecule has 1 atom stereocenters. The van der Waals surface area contributed by atoms with Crippen LogP contribution in [0.1, 0.15) is 16.6 Å². The lowest BCUT2D eigenvalue weighted by molar-refractivity contribution is 0.742. The Labute approximate surface area is 97.9 Å². The molecule has 0 radical (unpaired) electrons. The van der Waals surface area contributed by atoms with E-state index in [1.165, 1.54) is 10.5 Å². The molecule has 1 aliphatic rings. The first-order valence-corrected chi connectivity index (χ1v) is 6.03. The molecule has 5 heteroatoms. The first-order chi connectivity index (χ1) is 7.74. The highest BCUT2D eigenvalue weighted by Gasteiger charge is 2.26. The first-order valence-electron chi connectivity index (χ1n) is 5.15. The van der Waals surface area contributed by atoms with Gasteiger partial charge in [-0.25, -0.2) is 4.68 Å². The van der Waals surface area contributed by atoms with Crippen LogP contribution in [0.4, 0.5) is 5.95 Å². The molecule has 1 unspecified atom stereocenters. The van der Waals surface area contributed by atoms with E-state index in [0.29, 0.717) is 11.2 Å². The molecular weight excluding hydrogens is 220 g/mol. The van der Waals surface area contributed by atoms with Crippen molar-refractivity contribution in [1.82, 2.24) is 14.8 Å². The minimum atomic E-state index is 0.306. The number of nitrogens with zero attached hydrogens (tertiary/aromatic N) is 3. The topological polar surface area (TPSA) is 56.7 Å². The van der Waals surface area contributed by atoms with E-state index in [1.807, 2.05) is 18.8 Å². The highest BCUT2D eigenvalue weighted by atomic mass is 32.2. The molecule has 16 heavy (non-hydrogen) atoms. The monoisotopic (exact) mass is 232 g/mol. The highest BCUT2D eigenvalue weighted by molar-refractivity contribution is 7.99. The number of aromatic nitrogens is 3. The van der Waals surface area contributed by atoms with Gasteiger partial charge in [-0.1, -0.05) is 18.2 Å². The third kappa shape index (κ3) is 1.48.